The van der Waals surface area contributed by atoms with Crippen LogP contribution in [-0.4, -0.2) is 54.2 Å². The number of carbonyl (C=O) groups excluding carboxylic acids is 4. The quantitative estimate of drug-likeness (QED) is 0.570. The summed E-state index contributed by atoms with van der Waals surface area (Å²) in [5.41, 5.74) is -1.80. The molecule has 5 aliphatic rings. The predicted molar refractivity (Wildman–Crippen MR) is 127 cm³/mol. The highest BCUT2D eigenvalue weighted by Crippen LogP contribution is 2.68. The molecule has 0 saturated heterocycles. The van der Waals surface area contributed by atoms with E-state index in [4.69, 9.17) is 14.2 Å². The molecule has 0 radical (unpaired) electrons. The number of aliphatic hydroxyl groups is 1. The molecule has 5 rings (SSSR count). The van der Waals surface area contributed by atoms with Gasteiger partial charge < -0.3 is 19.3 Å². The topological polar surface area (TPSA) is 116 Å². The van der Waals surface area contributed by atoms with Gasteiger partial charge in [-0.2, -0.15) is 0 Å². The Bertz CT molecular complexity index is 1060. The third-order valence-corrected chi connectivity index (χ3v) is 10.2. The van der Waals surface area contributed by atoms with E-state index in [2.05, 4.69) is 6.92 Å². The summed E-state index contributed by atoms with van der Waals surface area (Å²) in [7, 11) is 1.20. The second-order valence-electron chi connectivity index (χ2n) is 12.0. The van der Waals surface area contributed by atoms with Gasteiger partial charge in [-0.25, -0.2) is 4.79 Å². The van der Waals surface area contributed by atoms with E-state index in [1.54, 1.807) is 12.2 Å². The van der Waals surface area contributed by atoms with Gasteiger partial charge in [-0.15, -0.1) is 0 Å². The van der Waals surface area contributed by atoms with Crippen molar-refractivity contribution in [2.24, 2.45) is 40.4 Å². The monoisotopic (exact) mass is 500 g/mol. The summed E-state index contributed by atoms with van der Waals surface area (Å²) >= 11 is 0. The fraction of sp³-hybridized carbons (Fsp3) is 0.714. The predicted octanol–water partition coefficient (Wildman–Crippen LogP) is 3.56. The molecule has 8 heteroatoms. The largest absolute Gasteiger partial charge is 0.509 e. The van der Waals surface area contributed by atoms with Crippen LogP contribution in [0.25, 0.3) is 0 Å². The van der Waals surface area contributed by atoms with Gasteiger partial charge in [0.2, 0.25) is 5.78 Å². The molecule has 9 atom stereocenters. The lowest BCUT2D eigenvalue weighted by atomic mass is 9.46. The zero-order chi connectivity index (χ0) is 26.0. The van der Waals surface area contributed by atoms with Gasteiger partial charge >= 0.3 is 12.1 Å². The Hall–Kier alpha value is -2.48. The Balaban J connectivity index is 1.46. The van der Waals surface area contributed by atoms with Crippen LogP contribution < -0.4 is 0 Å². The number of ether oxygens (including phenoxy) is 3. The van der Waals surface area contributed by atoms with E-state index < -0.39 is 47.0 Å². The average molecular weight is 501 g/mol. The molecule has 8 nitrogen and oxygen atoms in total. The van der Waals surface area contributed by atoms with Gasteiger partial charge in [-0.05, 0) is 68.4 Å². The highest BCUT2D eigenvalue weighted by atomic mass is 16.7. The number of aliphatic hydroxyl groups excluding tert-OH is 1. The normalized spacial score (nSPS) is 44.5. The van der Waals surface area contributed by atoms with E-state index in [1.807, 2.05) is 19.9 Å². The van der Waals surface area contributed by atoms with Gasteiger partial charge in [-0.1, -0.05) is 32.4 Å². The van der Waals surface area contributed by atoms with Crippen molar-refractivity contribution < 1.29 is 38.5 Å². The lowest BCUT2D eigenvalue weighted by Crippen LogP contribution is -2.63. The summed E-state index contributed by atoms with van der Waals surface area (Å²) in [4.78, 5) is 50.5. The Labute approximate surface area is 211 Å². The Kier molecular flexibility index (Phi) is 5.97. The zero-order valence-electron chi connectivity index (χ0n) is 21.5. The van der Waals surface area contributed by atoms with E-state index in [0.29, 0.717) is 6.42 Å². The fourth-order valence-electron chi connectivity index (χ4n) is 8.19. The molecule has 5 aliphatic carbocycles. The number of allylic oxidation sites excluding steroid dienone is 4. The van der Waals surface area contributed by atoms with Gasteiger partial charge in [0.25, 0.3) is 0 Å². The second-order valence-corrected chi connectivity index (χ2v) is 12.0. The first-order chi connectivity index (χ1) is 17.0. The van der Waals surface area contributed by atoms with Crippen LogP contribution in [0.15, 0.2) is 23.8 Å². The number of carbonyl (C=O) groups is 4. The molecular weight excluding hydrogens is 464 g/mol. The van der Waals surface area contributed by atoms with Gasteiger partial charge in [0, 0.05) is 16.7 Å². The lowest BCUT2D eigenvalue weighted by molar-refractivity contribution is -0.185. The maximum absolute atomic E-state index is 13.8. The number of hydrogen-bond donors (Lipinski definition) is 1. The van der Waals surface area contributed by atoms with E-state index in [9.17, 15) is 24.3 Å². The van der Waals surface area contributed by atoms with E-state index in [1.165, 1.54) is 7.11 Å². The van der Waals surface area contributed by atoms with E-state index in [0.717, 1.165) is 24.8 Å². The molecule has 0 amide bonds. The maximum atomic E-state index is 13.8. The van der Waals surface area contributed by atoms with Crippen molar-refractivity contribution in [3.63, 3.8) is 0 Å². The number of rotatable bonds is 5. The molecule has 0 bridgehead atoms. The standard InChI is InChI=1S/C28H36O8/c1-15-11-19(15)24(32)35-14-22(31)28(36-25(33)34-4)10-8-20-18-6-5-16-12-17(29)7-9-26(16,2)23(18)21(30)13-27(20,28)3/h7,9,12,15,18-21,23,30H,5-6,8,10-11,13-14H2,1-4H3/t15?,18-,19?,20-,21?,23+,26-,27-,28-/m0/s1. The summed E-state index contributed by atoms with van der Waals surface area (Å²) in [6, 6.07) is 0. The van der Waals surface area contributed by atoms with Crippen LogP contribution in [0.3, 0.4) is 0 Å². The van der Waals surface area contributed by atoms with Crippen LogP contribution >= 0.6 is 0 Å². The van der Waals surface area contributed by atoms with E-state index >= 15 is 0 Å². The summed E-state index contributed by atoms with van der Waals surface area (Å²) in [5.74, 6) is -0.849. The Morgan fingerprint density at radius 2 is 1.92 bits per heavy atom. The molecule has 0 spiro atoms. The minimum absolute atomic E-state index is 0.00284. The second kappa shape index (κ2) is 8.54. The molecule has 0 heterocycles. The zero-order valence-corrected chi connectivity index (χ0v) is 21.5. The minimum Gasteiger partial charge on any atom is -0.457 e. The van der Waals surface area contributed by atoms with Gasteiger partial charge in [0.05, 0.1) is 19.1 Å². The molecule has 0 aromatic carbocycles. The van der Waals surface area contributed by atoms with Crippen LogP contribution in [0.5, 0.6) is 0 Å². The minimum atomic E-state index is -1.55. The van der Waals surface area contributed by atoms with Crippen LogP contribution in [0.1, 0.15) is 59.3 Å². The third kappa shape index (κ3) is 3.58. The molecule has 4 saturated carbocycles. The van der Waals surface area contributed by atoms with Crippen LogP contribution in [0.4, 0.5) is 4.79 Å². The van der Waals surface area contributed by atoms with Crippen molar-refractivity contribution in [1.82, 2.24) is 0 Å². The average Bonchev–Trinajstić information content (AvgIpc) is 3.49. The smallest absolute Gasteiger partial charge is 0.457 e. The highest BCUT2D eigenvalue weighted by Gasteiger charge is 2.70. The number of fused-ring (bicyclic) bond motifs is 5. The van der Waals surface area contributed by atoms with Crippen molar-refractivity contribution in [2.75, 3.05) is 13.7 Å². The first-order valence-electron chi connectivity index (χ1n) is 13.1. The van der Waals surface area contributed by atoms with Crippen molar-refractivity contribution in [1.29, 1.82) is 0 Å². The van der Waals surface area contributed by atoms with Crippen molar-refractivity contribution >= 4 is 23.7 Å². The molecule has 0 aromatic rings. The van der Waals surface area contributed by atoms with Gasteiger partial charge in [-0.3, -0.25) is 14.4 Å². The van der Waals surface area contributed by atoms with Crippen LogP contribution in [0.2, 0.25) is 0 Å². The molecule has 0 aliphatic heterocycles. The number of ketones is 2. The number of methoxy groups -OCH3 is 1. The first-order valence-corrected chi connectivity index (χ1v) is 13.1. The molecule has 1 N–H and O–H groups in total. The molecule has 36 heavy (non-hydrogen) atoms. The first kappa shape index (κ1) is 25.2. The fourth-order valence-corrected chi connectivity index (χ4v) is 8.19. The highest BCUT2D eigenvalue weighted by molar-refractivity contribution is 6.01. The van der Waals surface area contributed by atoms with E-state index in [-0.39, 0.29) is 48.2 Å². The Morgan fingerprint density at radius 1 is 1.19 bits per heavy atom. The molecular formula is C28H36O8. The maximum Gasteiger partial charge on any atom is 0.509 e. The Morgan fingerprint density at radius 3 is 2.58 bits per heavy atom. The lowest BCUT2D eigenvalue weighted by Gasteiger charge is -2.59. The summed E-state index contributed by atoms with van der Waals surface area (Å²) in [5, 5.41) is 11.6. The molecule has 196 valence electrons. The summed E-state index contributed by atoms with van der Waals surface area (Å²) in [6.45, 7) is 5.49. The van der Waals surface area contributed by atoms with Crippen LogP contribution in [0, 0.1) is 40.4 Å². The van der Waals surface area contributed by atoms with Gasteiger partial charge in [0.15, 0.2) is 18.0 Å². The molecule has 0 aromatic heterocycles. The number of hydrogen-bond acceptors (Lipinski definition) is 8. The van der Waals surface area contributed by atoms with Crippen LogP contribution in [-0.2, 0) is 28.6 Å². The summed E-state index contributed by atoms with van der Waals surface area (Å²) < 4.78 is 16.0. The molecule has 4 fully saturated rings. The van der Waals surface area contributed by atoms with Crippen molar-refractivity contribution in [3.05, 3.63) is 23.8 Å². The van der Waals surface area contributed by atoms with Crippen molar-refractivity contribution in [2.45, 2.75) is 71.0 Å². The number of Topliss-reactive ketones (excluding diaryl/α,β-unsaturated/α-hetero) is 1. The SMILES string of the molecule is COC(=O)O[C@]1(C(=O)COC(=O)C2CC2C)CC[C@H]2[C@@H]3CCC4=CC(=O)C=C[C@]4(C)[C@H]3C(O)C[C@@]21C. The summed E-state index contributed by atoms with van der Waals surface area (Å²) in [6.07, 6.45) is 6.93. The number of esters is 1. The van der Waals surface area contributed by atoms with Gasteiger partial charge in [0.1, 0.15) is 0 Å². The molecule has 3 unspecified atom stereocenters. The van der Waals surface area contributed by atoms with Crippen molar-refractivity contribution in [3.8, 4) is 0 Å². The third-order valence-electron chi connectivity index (χ3n) is 10.2.